The zero-order chi connectivity index (χ0) is 18.9. The normalized spacial score (nSPS) is 22.3. The third-order valence-corrected chi connectivity index (χ3v) is 4.99. The van der Waals surface area contributed by atoms with Gasteiger partial charge in [-0.15, -0.1) is 0 Å². The van der Waals surface area contributed by atoms with Gasteiger partial charge in [0.05, 0.1) is 19.3 Å². The Bertz CT molecular complexity index is 870. The number of fused-ring (bicyclic) bond motifs is 3. The second-order valence-electron chi connectivity index (χ2n) is 6.86. The first-order chi connectivity index (χ1) is 13.0. The van der Waals surface area contributed by atoms with Crippen LogP contribution in [-0.2, 0) is 11.2 Å². The molecule has 0 amide bonds. The van der Waals surface area contributed by atoms with Crippen LogP contribution in [0.25, 0.3) is 0 Å². The van der Waals surface area contributed by atoms with Gasteiger partial charge >= 0.3 is 6.18 Å². The zero-order valence-corrected chi connectivity index (χ0v) is 14.7. The minimum atomic E-state index is -4.20. The summed E-state index contributed by atoms with van der Waals surface area (Å²) >= 11 is 0. The van der Waals surface area contributed by atoms with Crippen LogP contribution in [0, 0.1) is 11.8 Å². The summed E-state index contributed by atoms with van der Waals surface area (Å²) in [6.07, 6.45) is -1.58. The Kier molecular flexibility index (Phi) is 4.90. The highest BCUT2D eigenvalue weighted by Gasteiger charge is 2.42. The molecule has 2 atom stereocenters. The van der Waals surface area contributed by atoms with Crippen molar-refractivity contribution in [3.05, 3.63) is 65.0 Å². The number of rotatable bonds is 1. The molecular formula is C21H19F3N2O. The second kappa shape index (κ2) is 7.34. The maximum Gasteiger partial charge on any atom is 0.401 e. The van der Waals surface area contributed by atoms with Gasteiger partial charge < -0.3 is 4.74 Å². The Morgan fingerprint density at radius 3 is 2.70 bits per heavy atom. The molecule has 2 aliphatic rings. The molecule has 1 fully saturated rings. The lowest BCUT2D eigenvalue weighted by molar-refractivity contribution is -0.175. The van der Waals surface area contributed by atoms with Crippen LogP contribution < -0.4 is 0 Å². The van der Waals surface area contributed by atoms with Gasteiger partial charge in [-0.2, -0.15) is 13.2 Å². The molecule has 0 spiro atoms. The van der Waals surface area contributed by atoms with Crippen molar-refractivity contribution < 1.29 is 17.9 Å². The molecule has 1 aromatic heterocycles. The quantitative estimate of drug-likeness (QED) is 0.714. The van der Waals surface area contributed by atoms with Crippen molar-refractivity contribution in [1.29, 1.82) is 0 Å². The summed E-state index contributed by atoms with van der Waals surface area (Å²) in [5.74, 6) is 6.18. The first kappa shape index (κ1) is 18.0. The zero-order valence-electron chi connectivity index (χ0n) is 14.7. The van der Waals surface area contributed by atoms with Crippen LogP contribution in [0.1, 0.15) is 34.9 Å². The van der Waals surface area contributed by atoms with Gasteiger partial charge in [0, 0.05) is 41.2 Å². The molecule has 140 valence electrons. The molecule has 0 radical (unpaired) electrons. The van der Waals surface area contributed by atoms with Gasteiger partial charge in [0.25, 0.3) is 0 Å². The molecule has 27 heavy (non-hydrogen) atoms. The largest absolute Gasteiger partial charge is 0.401 e. The predicted octanol–water partition coefficient (Wildman–Crippen LogP) is 3.73. The average molecular weight is 372 g/mol. The average Bonchev–Trinajstić information content (AvgIpc) is 2.66. The number of alkyl halides is 3. The van der Waals surface area contributed by atoms with E-state index in [-0.39, 0.29) is 18.8 Å². The SMILES string of the molecule is FC(F)(F)CN1CCO[C@H]2c3cc(C#Cc4ccccc4)cnc3CC[C@H]21. The summed E-state index contributed by atoms with van der Waals surface area (Å²) in [6, 6.07) is 11.3. The molecule has 0 saturated carbocycles. The Labute approximate surface area is 156 Å². The Balaban J connectivity index is 1.60. The number of hydrogen-bond acceptors (Lipinski definition) is 3. The summed E-state index contributed by atoms with van der Waals surface area (Å²) in [7, 11) is 0. The van der Waals surface area contributed by atoms with E-state index in [9.17, 15) is 13.2 Å². The highest BCUT2D eigenvalue weighted by atomic mass is 19.4. The van der Waals surface area contributed by atoms with Gasteiger partial charge in [0.15, 0.2) is 0 Å². The number of pyridine rings is 1. The van der Waals surface area contributed by atoms with Crippen molar-refractivity contribution in [3.8, 4) is 11.8 Å². The fourth-order valence-corrected chi connectivity index (χ4v) is 3.81. The van der Waals surface area contributed by atoms with E-state index in [2.05, 4.69) is 16.8 Å². The molecule has 1 aromatic carbocycles. The van der Waals surface area contributed by atoms with E-state index in [1.807, 2.05) is 36.4 Å². The summed E-state index contributed by atoms with van der Waals surface area (Å²) in [6.45, 7) is -0.304. The van der Waals surface area contributed by atoms with Crippen LogP contribution in [0.4, 0.5) is 13.2 Å². The van der Waals surface area contributed by atoms with E-state index in [4.69, 9.17) is 4.74 Å². The topological polar surface area (TPSA) is 25.4 Å². The predicted molar refractivity (Wildman–Crippen MR) is 95.1 cm³/mol. The second-order valence-corrected chi connectivity index (χ2v) is 6.86. The molecule has 0 bridgehead atoms. The van der Waals surface area contributed by atoms with Crippen LogP contribution in [0.5, 0.6) is 0 Å². The van der Waals surface area contributed by atoms with E-state index >= 15 is 0 Å². The van der Waals surface area contributed by atoms with Gasteiger partial charge in [-0.25, -0.2) is 0 Å². The number of ether oxygens (including phenoxy) is 1. The van der Waals surface area contributed by atoms with Crippen molar-refractivity contribution in [2.24, 2.45) is 0 Å². The van der Waals surface area contributed by atoms with Crippen LogP contribution in [-0.4, -0.2) is 41.8 Å². The standard InChI is InChI=1S/C21H19F3N2O/c22-21(23,24)14-26-10-11-27-20-17-12-16(7-6-15-4-2-1-3-5-15)13-25-18(17)8-9-19(20)26/h1-5,12-13,19-20H,8-11,14H2/t19-,20+/m1/s1. The van der Waals surface area contributed by atoms with E-state index in [0.29, 0.717) is 19.4 Å². The fraction of sp³-hybridized carbons (Fsp3) is 0.381. The van der Waals surface area contributed by atoms with Gasteiger partial charge in [0.2, 0.25) is 0 Å². The van der Waals surface area contributed by atoms with E-state index in [0.717, 1.165) is 22.4 Å². The summed E-state index contributed by atoms with van der Waals surface area (Å²) in [5.41, 5.74) is 3.42. The molecule has 2 heterocycles. The van der Waals surface area contributed by atoms with Crippen molar-refractivity contribution in [1.82, 2.24) is 9.88 Å². The van der Waals surface area contributed by atoms with Crippen molar-refractivity contribution in [2.45, 2.75) is 31.2 Å². The first-order valence-electron chi connectivity index (χ1n) is 8.98. The van der Waals surface area contributed by atoms with Crippen LogP contribution in [0.15, 0.2) is 42.6 Å². The number of hydrogen-bond donors (Lipinski definition) is 0. The fourth-order valence-electron chi connectivity index (χ4n) is 3.81. The highest BCUT2D eigenvalue weighted by Crippen LogP contribution is 2.38. The smallest absolute Gasteiger partial charge is 0.370 e. The first-order valence-corrected chi connectivity index (χ1v) is 8.98. The molecule has 3 nitrogen and oxygen atoms in total. The molecule has 2 aromatic rings. The molecule has 1 saturated heterocycles. The number of benzene rings is 1. The molecule has 4 rings (SSSR count). The van der Waals surface area contributed by atoms with Crippen molar-refractivity contribution in [3.63, 3.8) is 0 Å². The minimum Gasteiger partial charge on any atom is -0.370 e. The molecule has 6 heteroatoms. The highest BCUT2D eigenvalue weighted by molar-refractivity contribution is 5.44. The van der Waals surface area contributed by atoms with Crippen molar-refractivity contribution >= 4 is 0 Å². The number of aromatic nitrogens is 1. The molecule has 1 aliphatic heterocycles. The maximum absolute atomic E-state index is 12.9. The summed E-state index contributed by atoms with van der Waals surface area (Å²) in [5, 5.41) is 0. The number of aryl methyl sites for hydroxylation is 1. The van der Waals surface area contributed by atoms with Gasteiger partial charge in [-0.3, -0.25) is 9.88 Å². The Morgan fingerprint density at radius 2 is 1.93 bits per heavy atom. The van der Waals surface area contributed by atoms with Crippen LogP contribution >= 0.6 is 0 Å². The lowest BCUT2D eigenvalue weighted by Gasteiger charge is -2.44. The van der Waals surface area contributed by atoms with Crippen LogP contribution in [0.2, 0.25) is 0 Å². The maximum atomic E-state index is 12.9. The molecular weight excluding hydrogens is 353 g/mol. The number of halogens is 3. The summed E-state index contributed by atoms with van der Waals surface area (Å²) < 4.78 is 44.6. The molecule has 0 unspecified atom stereocenters. The minimum absolute atomic E-state index is 0.271. The third-order valence-electron chi connectivity index (χ3n) is 4.99. The van der Waals surface area contributed by atoms with E-state index in [1.165, 1.54) is 4.90 Å². The Hall–Kier alpha value is -2.36. The van der Waals surface area contributed by atoms with Crippen molar-refractivity contribution in [2.75, 3.05) is 19.7 Å². The third kappa shape index (κ3) is 4.15. The lowest BCUT2D eigenvalue weighted by atomic mass is 9.86. The van der Waals surface area contributed by atoms with E-state index in [1.54, 1.807) is 6.20 Å². The number of nitrogens with zero attached hydrogens (tertiary/aromatic N) is 2. The molecule has 1 aliphatic carbocycles. The van der Waals surface area contributed by atoms with Gasteiger partial charge in [-0.1, -0.05) is 30.0 Å². The van der Waals surface area contributed by atoms with Crippen LogP contribution in [0.3, 0.4) is 0 Å². The summed E-state index contributed by atoms with van der Waals surface area (Å²) in [4.78, 5) is 6.00. The number of morpholine rings is 1. The van der Waals surface area contributed by atoms with Gasteiger partial charge in [-0.05, 0) is 31.0 Å². The lowest BCUT2D eigenvalue weighted by Crippen LogP contribution is -2.52. The van der Waals surface area contributed by atoms with Gasteiger partial charge in [0.1, 0.15) is 0 Å². The Morgan fingerprint density at radius 1 is 1.15 bits per heavy atom. The molecule has 0 N–H and O–H groups in total. The monoisotopic (exact) mass is 372 g/mol. The van der Waals surface area contributed by atoms with E-state index < -0.39 is 12.7 Å².